The maximum absolute atomic E-state index is 11.8. The van der Waals surface area contributed by atoms with Gasteiger partial charge >= 0.3 is 0 Å². The van der Waals surface area contributed by atoms with E-state index in [9.17, 15) is 4.79 Å². The molecule has 0 fully saturated rings. The zero-order valence-electron chi connectivity index (χ0n) is 9.68. The van der Waals surface area contributed by atoms with Crippen LogP contribution in [0.3, 0.4) is 0 Å². The van der Waals surface area contributed by atoms with E-state index in [-0.39, 0.29) is 19.1 Å². The average Bonchev–Trinajstić information content (AvgIpc) is 2.80. The summed E-state index contributed by atoms with van der Waals surface area (Å²) in [6, 6.07) is 5.17. The number of amides is 1. The number of aromatic nitrogens is 3. The zero-order valence-corrected chi connectivity index (χ0v) is 12.0. The third-order valence-electron chi connectivity index (χ3n) is 2.26. The number of aliphatic hydroxyl groups is 1. The van der Waals surface area contributed by atoms with Crippen molar-refractivity contribution in [3.8, 4) is 0 Å². The molecule has 0 aliphatic heterocycles. The lowest BCUT2D eigenvalue weighted by Gasteiger charge is -2.07. The first-order valence-corrected chi connectivity index (χ1v) is 6.50. The quantitative estimate of drug-likeness (QED) is 0.886. The molecule has 2 N–H and O–H groups in total. The molecule has 0 aliphatic carbocycles. The molecular weight excluding hydrogens is 336 g/mol. The molecule has 19 heavy (non-hydrogen) atoms. The van der Waals surface area contributed by atoms with Crippen molar-refractivity contribution >= 4 is 39.1 Å². The molecule has 0 aliphatic rings. The Morgan fingerprint density at radius 2 is 2.32 bits per heavy atom. The Hall–Kier alpha value is -1.44. The number of rotatable bonds is 4. The van der Waals surface area contributed by atoms with E-state index < -0.39 is 0 Å². The van der Waals surface area contributed by atoms with E-state index in [0.29, 0.717) is 16.4 Å². The van der Waals surface area contributed by atoms with Crippen LogP contribution in [0.15, 0.2) is 28.9 Å². The van der Waals surface area contributed by atoms with E-state index in [1.165, 1.54) is 10.9 Å². The standard InChI is InChI=1S/C11H10BrClN4O2/c12-7-1-2-10(9(13)3-7)14-11(19)5-17-4-8(6-18)15-16-17/h1-4,18H,5-6H2,(H,14,19). The molecule has 1 aromatic heterocycles. The van der Waals surface area contributed by atoms with Crippen LogP contribution in [-0.2, 0) is 17.9 Å². The Kier molecular flexibility index (Phi) is 4.52. The Balaban J connectivity index is 2.01. The second-order valence-electron chi connectivity index (χ2n) is 3.74. The van der Waals surface area contributed by atoms with Gasteiger partial charge in [-0.05, 0) is 18.2 Å². The van der Waals surface area contributed by atoms with Crippen LogP contribution in [0.1, 0.15) is 5.69 Å². The largest absolute Gasteiger partial charge is 0.390 e. The van der Waals surface area contributed by atoms with Gasteiger partial charge in [-0.3, -0.25) is 4.79 Å². The van der Waals surface area contributed by atoms with Crippen LogP contribution in [0.2, 0.25) is 5.02 Å². The Bertz CT molecular complexity index is 602. The molecule has 1 aromatic carbocycles. The fraction of sp³-hybridized carbons (Fsp3) is 0.182. The van der Waals surface area contributed by atoms with Gasteiger partial charge in [-0.2, -0.15) is 0 Å². The zero-order chi connectivity index (χ0) is 13.8. The molecule has 0 radical (unpaired) electrons. The van der Waals surface area contributed by atoms with Crippen LogP contribution in [0.4, 0.5) is 5.69 Å². The predicted octanol–water partition coefficient (Wildman–Crippen LogP) is 1.82. The van der Waals surface area contributed by atoms with Crippen LogP contribution in [0, 0.1) is 0 Å². The van der Waals surface area contributed by atoms with Crippen molar-refractivity contribution in [3.63, 3.8) is 0 Å². The summed E-state index contributed by atoms with van der Waals surface area (Å²) in [6.07, 6.45) is 1.50. The third kappa shape index (κ3) is 3.76. The number of nitrogens with zero attached hydrogens (tertiary/aromatic N) is 3. The number of halogens is 2. The number of carbonyl (C=O) groups excluding carboxylic acids is 1. The molecular formula is C11H10BrClN4O2. The summed E-state index contributed by atoms with van der Waals surface area (Å²) < 4.78 is 2.17. The summed E-state index contributed by atoms with van der Waals surface area (Å²) in [5.74, 6) is -0.279. The third-order valence-corrected chi connectivity index (χ3v) is 3.06. The minimum atomic E-state index is -0.279. The van der Waals surface area contributed by atoms with Crippen molar-refractivity contribution in [3.05, 3.63) is 39.6 Å². The van der Waals surface area contributed by atoms with Gasteiger partial charge in [0.25, 0.3) is 0 Å². The Labute approximate surface area is 122 Å². The number of carbonyl (C=O) groups is 1. The predicted molar refractivity (Wildman–Crippen MR) is 73.7 cm³/mol. The van der Waals surface area contributed by atoms with Gasteiger partial charge in [0.1, 0.15) is 12.2 Å². The van der Waals surface area contributed by atoms with Gasteiger partial charge in [-0.15, -0.1) is 5.10 Å². The monoisotopic (exact) mass is 344 g/mol. The molecule has 0 saturated carbocycles. The van der Waals surface area contributed by atoms with Gasteiger partial charge in [0.05, 0.1) is 23.5 Å². The molecule has 0 unspecified atom stereocenters. The molecule has 0 bridgehead atoms. The lowest BCUT2D eigenvalue weighted by atomic mass is 10.3. The van der Waals surface area contributed by atoms with Crippen molar-refractivity contribution < 1.29 is 9.90 Å². The minimum Gasteiger partial charge on any atom is -0.390 e. The van der Waals surface area contributed by atoms with Gasteiger partial charge in [0.15, 0.2) is 0 Å². The maximum atomic E-state index is 11.8. The highest BCUT2D eigenvalue weighted by atomic mass is 79.9. The van der Waals surface area contributed by atoms with Crippen LogP contribution < -0.4 is 5.32 Å². The topological polar surface area (TPSA) is 80.0 Å². The van der Waals surface area contributed by atoms with E-state index in [0.717, 1.165) is 4.47 Å². The van der Waals surface area contributed by atoms with Crippen molar-refractivity contribution in [1.82, 2.24) is 15.0 Å². The molecule has 6 nitrogen and oxygen atoms in total. The van der Waals surface area contributed by atoms with E-state index in [4.69, 9.17) is 16.7 Å². The summed E-state index contributed by atoms with van der Waals surface area (Å²) in [5.41, 5.74) is 0.937. The second-order valence-corrected chi connectivity index (χ2v) is 5.06. The highest BCUT2D eigenvalue weighted by Gasteiger charge is 2.08. The fourth-order valence-corrected chi connectivity index (χ4v) is 2.14. The summed E-state index contributed by atoms with van der Waals surface area (Å²) in [7, 11) is 0. The van der Waals surface area contributed by atoms with E-state index in [1.807, 2.05) is 0 Å². The summed E-state index contributed by atoms with van der Waals surface area (Å²) in [6.45, 7) is -0.209. The molecule has 8 heteroatoms. The van der Waals surface area contributed by atoms with Crippen molar-refractivity contribution in [2.24, 2.45) is 0 Å². The van der Waals surface area contributed by atoms with Gasteiger partial charge in [0, 0.05) is 4.47 Å². The fourth-order valence-electron chi connectivity index (χ4n) is 1.42. The molecule has 2 aromatic rings. The first-order valence-electron chi connectivity index (χ1n) is 5.33. The van der Waals surface area contributed by atoms with Gasteiger partial charge < -0.3 is 10.4 Å². The Morgan fingerprint density at radius 1 is 1.53 bits per heavy atom. The number of nitrogens with one attached hydrogen (secondary N) is 1. The molecule has 0 atom stereocenters. The minimum absolute atomic E-state index is 0.000602. The van der Waals surface area contributed by atoms with Gasteiger partial charge in [-0.25, -0.2) is 4.68 Å². The van der Waals surface area contributed by atoms with Gasteiger partial charge in [0.2, 0.25) is 5.91 Å². The van der Waals surface area contributed by atoms with Crippen LogP contribution in [0.5, 0.6) is 0 Å². The van der Waals surface area contributed by atoms with Crippen molar-refractivity contribution in [1.29, 1.82) is 0 Å². The summed E-state index contributed by atoms with van der Waals surface area (Å²) >= 11 is 9.27. The lowest BCUT2D eigenvalue weighted by Crippen LogP contribution is -2.19. The summed E-state index contributed by atoms with van der Waals surface area (Å²) in [5, 5.41) is 19.3. The van der Waals surface area contributed by atoms with Crippen molar-refractivity contribution in [2.75, 3.05) is 5.32 Å². The highest BCUT2D eigenvalue weighted by molar-refractivity contribution is 9.10. The number of anilines is 1. The van der Waals surface area contributed by atoms with Crippen LogP contribution in [-0.4, -0.2) is 26.0 Å². The molecule has 1 heterocycles. The Morgan fingerprint density at radius 3 is 2.95 bits per heavy atom. The van der Waals surface area contributed by atoms with Crippen LogP contribution in [0.25, 0.3) is 0 Å². The molecule has 0 saturated heterocycles. The van der Waals surface area contributed by atoms with E-state index >= 15 is 0 Å². The first kappa shape index (κ1) is 14.0. The SMILES string of the molecule is O=C(Cn1cc(CO)nn1)Nc1ccc(Br)cc1Cl. The molecule has 100 valence electrons. The molecule has 0 spiro atoms. The number of benzene rings is 1. The van der Waals surface area contributed by atoms with E-state index in [1.54, 1.807) is 18.2 Å². The molecule has 2 rings (SSSR count). The average molecular weight is 346 g/mol. The normalized spacial score (nSPS) is 10.5. The summed E-state index contributed by atoms with van der Waals surface area (Å²) in [4.78, 5) is 11.8. The highest BCUT2D eigenvalue weighted by Crippen LogP contribution is 2.25. The van der Waals surface area contributed by atoms with E-state index in [2.05, 4.69) is 31.6 Å². The van der Waals surface area contributed by atoms with Crippen LogP contribution >= 0.6 is 27.5 Å². The first-order chi connectivity index (χ1) is 9.08. The number of aliphatic hydroxyl groups excluding tert-OH is 1. The number of hydrogen-bond acceptors (Lipinski definition) is 4. The lowest BCUT2D eigenvalue weighted by molar-refractivity contribution is -0.116. The molecule has 1 amide bonds. The smallest absolute Gasteiger partial charge is 0.246 e. The van der Waals surface area contributed by atoms with Gasteiger partial charge in [-0.1, -0.05) is 32.7 Å². The van der Waals surface area contributed by atoms with Crippen molar-refractivity contribution in [2.45, 2.75) is 13.2 Å². The second kappa shape index (κ2) is 6.14. The number of hydrogen-bond donors (Lipinski definition) is 2. The maximum Gasteiger partial charge on any atom is 0.246 e.